The Morgan fingerprint density at radius 2 is 2.09 bits per heavy atom. The fourth-order valence-electron chi connectivity index (χ4n) is 3.05. The molecule has 2 amide bonds. The van der Waals surface area contributed by atoms with Crippen LogP contribution in [0.25, 0.3) is 0 Å². The van der Waals surface area contributed by atoms with E-state index in [9.17, 15) is 9.00 Å². The summed E-state index contributed by atoms with van der Waals surface area (Å²) >= 11 is 0. The lowest BCUT2D eigenvalue weighted by molar-refractivity contribution is 0.190. The van der Waals surface area contributed by atoms with Gasteiger partial charge in [-0.1, -0.05) is 32.0 Å². The standard InChI is InChI=1S/C17H26N2O2S/c1-12(2)15-7-5-6-14-10-19(9-8-16(14)15)17(20)18-13(3)11-22(4)21/h5-7,12-13H,8-11H2,1-4H3,(H,18,20)/t13-,22+/m1/s1. The Morgan fingerprint density at radius 1 is 1.36 bits per heavy atom. The third-order valence-corrected chi connectivity index (χ3v) is 5.04. The normalized spacial score (nSPS) is 17.0. The van der Waals surface area contributed by atoms with Crippen LogP contribution in [0, 0.1) is 0 Å². The van der Waals surface area contributed by atoms with Gasteiger partial charge in [0, 0.05) is 41.9 Å². The zero-order chi connectivity index (χ0) is 16.3. The van der Waals surface area contributed by atoms with Gasteiger partial charge < -0.3 is 10.2 Å². The molecule has 1 aromatic carbocycles. The van der Waals surface area contributed by atoms with E-state index in [2.05, 4.69) is 37.4 Å². The zero-order valence-corrected chi connectivity index (χ0v) is 14.7. The van der Waals surface area contributed by atoms with E-state index in [0.29, 0.717) is 18.2 Å². The Morgan fingerprint density at radius 3 is 2.73 bits per heavy atom. The molecule has 1 heterocycles. The molecule has 0 aliphatic carbocycles. The molecule has 2 rings (SSSR count). The first-order valence-corrected chi connectivity index (χ1v) is 9.57. The van der Waals surface area contributed by atoms with E-state index in [1.54, 1.807) is 6.26 Å². The topological polar surface area (TPSA) is 49.4 Å². The van der Waals surface area contributed by atoms with Gasteiger partial charge in [-0.2, -0.15) is 0 Å². The zero-order valence-electron chi connectivity index (χ0n) is 13.9. The van der Waals surface area contributed by atoms with Gasteiger partial charge in [0.15, 0.2) is 0 Å². The molecule has 122 valence electrons. The molecule has 0 bridgehead atoms. The summed E-state index contributed by atoms with van der Waals surface area (Å²) in [6, 6.07) is 6.27. The highest BCUT2D eigenvalue weighted by molar-refractivity contribution is 7.84. The first-order valence-electron chi connectivity index (χ1n) is 7.84. The number of rotatable bonds is 4. The van der Waals surface area contributed by atoms with Crippen LogP contribution in [0.15, 0.2) is 18.2 Å². The molecule has 0 saturated carbocycles. The van der Waals surface area contributed by atoms with E-state index >= 15 is 0 Å². The number of nitrogens with one attached hydrogen (secondary N) is 1. The molecule has 0 spiro atoms. The van der Waals surface area contributed by atoms with E-state index < -0.39 is 10.8 Å². The molecule has 1 aliphatic rings. The molecule has 0 saturated heterocycles. The van der Waals surface area contributed by atoms with Crippen LogP contribution in [0.3, 0.4) is 0 Å². The van der Waals surface area contributed by atoms with Crippen molar-refractivity contribution in [3.05, 3.63) is 34.9 Å². The number of carbonyl (C=O) groups excluding carboxylic acids is 1. The van der Waals surface area contributed by atoms with Crippen LogP contribution in [0.5, 0.6) is 0 Å². The Labute approximate surface area is 135 Å². The minimum atomic E-state index is -0.895. The molecule has 0 fully saturated rings. The van der Waals surface area contributed by atoms with Crippen molar-refractivity contribution in [2.75, 3.05) is 18.6 Å². The summed E-state index contributed by atoms with van der Waals surface area (Å²) in [4.78, 5) is 14.2. The average Bonchev–Trinajstić information content (AvgIpc) is 2.44. The number of amides is 2. The largest absolute Gasteiger partial charge is 0.335 e. The third kappa shape index (κ3) is 4.09. The lowest BCUT2D eigenvalue weighted by Crippen LogP contribution is -2.47. The number of fused-ring (bicyclic) bond motifs is 1. The number of hydrogen-bond acceptors (Lipinski definition) is 2. The Kier molecular flexibility index (Phi) is 5.62. The summed E-state index contributed by atoms with van der Waals surface area (Å²) in [7, 11) is -0.895. The number of benzene rings is 1. The van der Waals surface area contributed by atoms with E-state index in [-0.39, 0.29) is 12.1 Å². The van der Waals surface area contributed by atoms with Gasteiger partial charge in [0.1, 0.15) is 0 Å². The van der Waals surface area contributed by atoms with Crippen LogP contribution < -0.4 is 5.32 Å². The maximum absolute atomic E-state index is 12.3. The molecule has 0 radical (unpaired) electrons. The second-order valence-electron chi connectivity index (χ2n) is 6.40. The van der Waals surface area contributed by atoms with Crippen molar-refractivity contribution in [2.24, 2.45) is 0 Å². The number of carbonyl (C=O) groups is 1. The van der Waals surface area contributed by atoms with E-state index in [1.807, 2.05) is 11.8 Å². The maximum Gasteiger partial charge on any atom is 0.317 e. The Bertz CT molecular complexity index is 572. The average molecular weight is 322 g/mol. The first kappa shape index (κ1) is 17.0. The first-order chi connectivity index (χ1) is 10.4. The maximum atomic E-state index is 12.3. The number of urea groups is 1. The molecular formula is C17H26N2O2S. The predicted molar refractivity (Wildman–Crippen MR) is 91.6 cm³/mol. The highest BCUT2D eigenvalue weighted by Crippen LogP contribution is 2.27. The molecule has 22 heavy (non-hydrogen) atoms. The van der Waals surface area contributed by atoms with Crippen molar-refractivity contribution < 1.29 is 9.00 Å². The van der Waals surface area contributed by atoms with Gasteiger partial charge in [0.2, 0.25) is 0 Å². The Hall–Kier alpha value is -1.36. The van der Waals surface area contributed by atoms with Crippen molar-refractivity contribution in [1.29, 1.82) is 0 Å². The van der Waals surface area contributed by atoms with Crippen LogP contribution in [0.4, 0.5) is 4.79 Å². The molecular weight excluding hydrogens is 296 g/mol. The molecule has 4 nitrogen and oxygen atoms in total. The summed E-state index contributed by atoms with van der Waals surface area (Å²) in [6.45, 7) is 7.71. The van der Waals surface area contributed by atoms with Gasteiger partial charge >= 0.3 is 6.03 Å². The quantitative estimate of drug-likeness (QED) is 0.926. The second kappa shape index (κ2) is 7.27. The van der Waals surface area contributed by atoms with Gasteiger partial charge in [0.25, 0.3) is 0 Å². The lowest BCUT2D eigenvalue weighted by Gasteiger charge is -2.31. The van der Waals surface area contributed by atoms with Gasteiger partial charge in [-0.05, 0) is 36.0 Å². The third-order valence-electron chi connectivity index (χ3n) is 4.07. The van der Waals surface area contributed by atoms with Crippen molar-refractivity contribution in [3.8, 4) is 0 Å². The fraction of sp³-hybridized carbons (Fsp3) is 0.588. The summed E-state index contributed by atoms with van der Waals surface area (Å²) in [5, 5.41) is 2.94. The molecule has 1 aromatic rings. The summed E-state index contributed by atoms with van der Waals surface area (Å²) < 4.78 is 11.2. The summed E-state index contributed by atoms with van der Waals surface area (Å²) in [5.74, 6) is 1.00. The minimum Gasteiger partial charge on any atom is -0.335 e. The van der Waals surface area contributed by atoms with Gasteiger partial charge in [0.05, 0.1) is 0 Å². The predicted octanol–water partition coefficient (Wildman–Crippen LogP) is 2.64. The highest BCUT2D eigenvalue weighted by atomic mass is 32.2. The van der Waals surface area contributed by atoms with Crippen molar-refractivity contribution >= 4 is 16.8 Å². The van der Waals surface area contributed by atoms with E-state index in [0.717, 1.165) is 13.0 Å². The molecule has 5 heteroatoms. The van der Waals surface area contributed by atoms with E-state index in [4.69, 9.17) is 0 Å². The van der Waals surface area contributed by atoms with Crippen LogP contribution in [0.2, 0.25) is 0 Å². The van der Waals surface area contributed by atoms with Crippen molar-refractivity contribution in [2.45, 2.75) is 45.7 Å². The van der Waals surface area contributed by atoms with Crippen LogP contribution >= 0.6 is 0 Å². The SMILES string of the molecule is CC(C)c1cccc2c1CCN(C(=O)N[C@H](C)C[S@](C)=O)C2. The van der Waals surface area contributed by atoms with Crippen LogP contribution in [0.1, 0.15) is 43.4 Å². The number of nitrogens with zero attached hydrogens (tertiary/aromatic N) is 1. The Balaban J connectivity index is 2.04. The smallest absolute Gasteiger partial charge is 0.317 e. The summed E-state index contributed by atoms with van der Waals surface area (Å²) in [5.41, 5.74) is 4.05. The fourth-order valence-corrected chi connectivity index (χ4v) is 3.84. The van der Waals surface area contributed by atoms with Gasteiger partial charge in [-0.3, -0.25) is 4.21 Å². The monoisotopic (exact) mass is 322 g/mol. The van der Waals surface area contributed by atoms with Gasteiger partial charge in [-0.25, -0.2) is 4.79 Å². The van der Waals surface area contributed by atoms with Crippen LogP contribution in [-0.2, 0) is 23.8 Å². The summed E-state index contributed by atoms with van der Waals surface area (Å²) in [6.07, 6.45) is 2.57. The molecule has 2 atom stereocenters. The molecule has 1 aliphatic heterocycles. The number of hydrogen-bond donors (Lipinski definition) is 1. The van der Waals surface area contributed by atoms with Crippen molar-refractivity contribution in [1.82, 2.24) is 10.2 Å². The van der Waals surface area contributed by atoms with Gasteiger partial charge in [-0.15, -0.1) is 0 Å². The lowest BCUT2D eigenvalue weighted by atomic mass is 9.89. The molecule has 1 N–H and O–H groups in total. The molecule has 0 aromatic heterocycles. The second-order valence-corrected chi connectivity index (χ2v) is 7.88. The van der Waals surface area contributed by atoms with Crippen LogP contribution in [-0.4, -0.2) is 39.7 Å². The highest BCUT2D eigenvalue weighted by Gasteiger charge is 2.23. The minimum absolute atomic E-state index is 0.0569. The molecule has 0 unspecified atom stereocenters. The van der Waals surface area contributed by atoms with E-state index in [1.165, 1.54) is 16.7 Å². The van der Waals surface area contributed by atoms with Crippen molar-refractivity contribution in [3.63, 3.8) is 0 Å².